The summed E-state index contributed by atoms with van der Waals surface area (Å²) in [6.45, 7) is 2.07. The van der Waals surface area contributed by atoms with Crippen molar-refractivity contribution in [3.8, 4) is 17.2 Å². The number of cyclic esters (lactones) is 1. The molecule has 2 aliphatic rings. The fourth-order valence-electron chi connectivity index (χ4n) is 3.79. The first-order valence-corrected chi connectivity index (χ1v) is 11.1. The highest BCUT2D eigenvalue weighted by Crippen LogP contribution is 2.32. The van der Waals surface area contributed by atoms with Gasteiger partial charge in [-0.1, -0.05) is 17.8 Å². The third-order valence-electron chi connectivity index (χ3n) is 5.57. The van der Waals surface area contributed by atoms with E-state index >= 15 is 0 Å². The quantitative estimate of drug-likeness (QED) is 0.265. The summed E-state index contributed by atoms with van der Waals surface area (Å²) < 4.78 is 16.3. The van der Waals surface area contributed by atoms with Crippen LogP contribution in [0.25, 0.3) is 0 Å². The number of nitrogens with one attached hydrogen (secondary N) is 1. The number of hydrogen-bond acceptors (Lipinski definition) is 8. The topological polar surface area (TPSA) is 110 Å². The number of hydroxylamine groups is 1. The van der Waals surface area contributed by atoms with Gasteiger partial charge in [0.1, 0.15) is 28.9 Å². The zero-order chi connectivity index (χ0) is 24.1. The molecule has 8 heteroatoms. The molecule has 0 spiro atoms. The van der Waals surface area contributed by atoms with Crippen molar-refractivity contribution in [1.82, 2.24) is 5.48 Å². The van der Waals surface area contributed by atoms with E-state index in [1.165, 1.54) is 6.07 Å². The molecular weight excluding hydrogens is 438 g/mol. The van der Waals surface area contributed by atoms with Crippen LogP contribution in [0, 0.1) is 6.42 Å². The van der Waals surface area contributed by atoms with Gasteiger partial charge >= 0.3 is 5.97 Å². The molecule has 1 saturated heterocycles. The maximum atomic E-state index is 12.9. The summed E-state index contributed by atoms with van der Waals surface area (Å²) in [5.41, 5.74) is 4.87. The number of methoxy groups -OCH3 is 1. The first-order valence-electron chi connectivity index (χ1n) is 11.1. The van der Waals surface area contributed by atoms with Crippen LogP contribution < -0.4 is 10.2 Å². The number of aromatic hydroxyl groups is 2. The first-order chi connectivity index (χ1) is 16.4. The Balaban J connectivity index is 1.55. The maximum absolute atomic E-state index is 12.9. The SMILES string of the molecule is COc1ccc(CON/C2=C/[CH-]/C=C\[C@H]3O[C@@H]3C[C@@H](C)OC(=O)c3c(O)cc(O)cc3C2)cc1. The van der Waals surface area contributed by atoms with E-state index in [1.807, 2.05) is 42.8 Å². The Morgan fingerprint density at radius 2 is 2.00 bits per heavy atom. The van der Waals surface area contributed by atoms with Crippen LogP contribution in [0.5, 0.6) is 17.2 Å². The van der Waals surface area contributed by atoms with E-state index in [9.17, 15) is 15.0 Å². The highest BCUT2D eigenvalue weighted by Gasteiger charge is 2.36. The van der Waals surface area contributed by atoms with Crippen molar-refractivity contribution in [3.05, 3.63) is 83.4 Å². The zero-order valence-electron chi connectivity index (χ0n) is 19.1. The molecule has 180 valence electrons. The molecule has 2 heterocycles. The van der Waals surface area contributed by atoms with Crippen molar-refractivity contribution in [2.75, 3.05) is 7.11 Å². The number of allylic oxidation sites excluding steroid dienone is 3. The number of epoxide rings is 1. The Kier molecular flexibility index (Phi) is 7.30. The molecule has 1 fully saturated rings. The first kappa shape index (κ1) is 23.5. The lowest BCUT2D eigenvalue weighted by Gasteiger charge is -2.20. The number of carbonyl (C=O) groups excluding carboxylic acids is 1. The van der Waals surface area contributed by atoms with Gasteiger partial charge in [-0.25, -0.2) is 4.79 Å². The summed E-state index contributed by atoms with van der Waals surface area (Å²) in [6.07, 6.45) is 7.77. The Labute approximate surface area is 198 Å². The van der Waals surface area contributed by atoms with Crippen LogP contribution in [-0.2, 0) is 27.3 Å². The van der Waals surface area contributed by atoms with Crippen LogP contribution in [0.2, 0.25) is 0 Å². The van der Waals surface area contributed by atoms with Crippen molar-refractivity contribution in [2.45, 2.75) is 44.7 Å². The van der Waals surface area contributed by atoms with Gasteiger partial charge in [0.15, 0.2) is 0 Å². The Hall–Kier alpha value is -3.62. The predicted octanol–water partition coefficient (Wildman–Crippen LogP) is 3.73. The largest absolute Gasteiger partial charge is 0.508 e. The minimum Gasteiger partial charge on any atom is -0.508 e. The second-order valence-corrected chi connectivity index (χ2v) is 8.27. The van der Waals surface area contributed by atoms with Crippen molar-refractivity contribution in [2.24, 2.45) is 0 Å². The lowest BCUT2D eigenvalue weighted by Crippen LogP contribution is -2.20. The number of phenols is 2. The van der Waals surface area contributed by atoms with Crippen molar-refractivity contribution in [1.29, 1.82) is 0 Å². The number of ether oxygens (including phenoxy) is 3. The summed E-state index contributed by atoms with van der Waals surface area (Å²) in [4.78, 5) is 18.6. The van der Waals surface area contributed by atoms with Gasteiger partial charge in [-0.05, 0) is 42.7 Å². The second kappa shape index (κ2) is 10.5. The molecule has 8 nitrogen and oxygen atoms in total. The summed E-state index contributed by atoms with van der Waals surface area (Å²) in [6, 6.07) is 10.0. The van der Waals surface area contributed by atoms with Gasteiger partial charge < -0.3 is 29.9 Å². The van der Waals surface area contributed by atoms with Crippen LogP contribution in [0.4, 0.5) is 0 Å². The van der Waals surface area contributed by atoms with Crippen LogP contribution in [0.1, 0.15) is 34.8 Å². The molecule has 3 N–H and O–H groups in total. The summed E-state index contributed by atoms with van der Waals surface area (Å²) in [7, 11) is 1.61. The van der Waals surface area contributed by atoms with Crippen LogP contribution in [-0.4, -0.2) is 41.6 Å². The smallest absolute Gasteiger partial charge is 0.342 e. The van der Waals surface area contributed by atoms with Gasteiger partial charge in [-0.2, -0.15) is 18.6 Å². The molecule has 0 unspecified atom stereocenters. The van der Waals surface area contributed by atoms with E-state index in [0.717, 1.165) is 17.4 Å². The number of phenolic OH excluding ortho intramolecular Hbond substituents is 2. The van der Waals surface area contributed by atoms with Crippen LogP contribution in [0.3, 0.4) is 0 Å². The lowest BCUT2D eigenvalue weighted by atomic mass is 10.0. The van der Waals surface area contributed by atoms with E-state index in [-0.39, 0.29) is 42.3 Å². The van der Waals surface area contributed by atoms with E-state index < -0.39 is 12.1 Å². The van der Waals surface area contributed by atoms with E-state index in [4.69, 9.17) is 19.0 Å². The van der Waals surface area contributed by atoms with E-state index in [1.54, 1.807) is 20.1 Å². The fourth-order valence-corrected chi connectivity index (χ4v) is 3.79. The summed E-state index contributed by atoms with van der Waals surface area (Å²) in [5.74, 6) is -0.407. The molecule has 0 aromatic heterocycles. The summed E-state index contributed by atoms with van der Waals surface area (Å²) in [5, 5.41) is 20.5. The van der Waals surface area contributed by atoms with Crippen LogP contribution >= 0.6 is 0 Å². The molecule has 2 aromatic carbocycles. The second-order valence-electron chi connectivity index (χ2n) is 8.27. The normalized spacial score (nSPS) is 24.7. The monoisotopic (exact) mass is 466 g/mol. The standard InChI is InChI=1S/C26H28NO7/c1-16-11-24-23(34-24)6-4-3-5-19(27-32-15-17-7-9-21(31-2)10-8-17)12-18-13-20(28)14-22(29)25(18)26(30)33-16/h3-10,13-14,16,23-24,27-29H,11-12,15H2,1-2H3/q-1/b6-4-,19-5+/t16-,23-,24-/m1/s1. The minimum atomic E-state index is -0.660. The molecule has 4 rings (SSSR count). The van der Waals surface area contributed by atoms with Gasteiger partial charge in [-0.15, -0.1) is 6.08 Å². The van der Waals surface area contributed by atoms with Crippen LogP contribution in [0.15, 0.2) is 60.3 Å². The van der Waals surface area contributed by atoms with Gasteiger partial charge in [-0.3, -0.25) is 4.84 Å². The average molecular weight is 467 g/mol. The number of esters is 1. The third kappa shape index (κ3) is 6.03. The molecule has 0 amide bonds. The number of carbonyl (C=O) groups is 1. The molecule has 0 saturated carbocycles. The highest BCUT2D eigenvalue weighted by molar-refractivity contribution is 5.94. The lowest BCUT2D eigenvalue weighted by molar-refractivity contribution is 0.0304. The molecule has 2 aliphatic heterocycles. The number of fused-ring (bicyclic) bond motifs is 2. The Morgan fingerprint density at radius 1 is 1.21 bits per heavy atom. The fraction of sp³-hybridized carbons (Fsp3) is 0.308. The summed E-state index contributed by atoms with van der Waals surface area (Å²) >= 11 is 0. The molecular formula is C26H28NO7-. The van der Waals surface area contributed by atoms with E-state index in [0.29, 0.717) is 17.7 Å². The molecule has 2 aromatic rings. The third-order valence-corrected chi connectivity index (χ3v) is 5.57. The molecule has 0 radical (unpaired) electrons. The highest BCUT2D eigenvalue weighted by atomic mass is 16.6. The molecule has 3 atom stereocenters. The number of rotatable bonds is 5. The number of hydrogen-bond donors (Lipinski definition) is 3. The van der Waals surface area contributed by atoms with Gasteiger partial charge in [0.2, 0.25) is 0 Å². The molecule has 34 heavy (non-hydrogen) atoms. The van der Waals surface area contributed by atoms with Gasteiger partial charge in [0, 0.05) is 12.5 Å². The van der Waals surface area contributed by atoms with Gasteiger partial charge in [0.25, 0.3) is 0 Å². The zero-order valence-corrected chi connectivity index (χ0v) is 19.1. The van der Waals surface area contributed by atoms with Crippen molar-refractivity contribution in [3.63, 3.8) is 0 Å². The number of benzene rings is 2. The maximum Gasteiger partial charge on any atom is 0.342 e. The van der Waals surface area contributed by atoms with Crippen molar-refractivity contribution < 1.29 is 34.1 Å². The minimum absolute atomic E-state index is 0.00775. The predicted molar refractivity (Wildman–Crippen MR) is 124 cm³/mol. The Bertz CT molecular complexity index is 1080. The van der Waals surface area contributed by atoms with E-state index in [2.05, 4.69) is 5.48 Å². The molecule has 0 aliphatic carbocycles. The van der Waals surface area contributed by atoms with Gasteiger partial charge in [0.05, 0.1) is 25.9 Å². The average Bonchev–Trinajstić information content (AvgIpc) is 3.53. The van der Waals surface area contributed by atoms with Crippen molar-refractivity contribution >= 4 is 5.97 Å². The Morgan fingerprint density at radius 3 is 2.76 bits per heavy atom. The molecule has 0 bridgehead atoms.